The zero-order valence-corrected chi connectivity index (χ0v) is 11.3. The SMILES string of the molecule is Cc1nc(CNc2cccc(C(=O)O)c2[N+](=O)[O-])cs1. The van der Waals surface area contributed by atoms with Gasteiger partial charge in [0.15, 0.2) is 0 Å². The molecule has 0 fully saturated rings. The van der Waals surface area contributed by atoms with E-state index in [-0.39, 0.29) is 11.3 Å². The molecule has 8 heteroatoms. The second-order valence-corrected chi connectivity index (χ2v) is 5.04. The Labute approximate surface area is 118 Å². The number of nitro groups is 1. The molecule has 0 aliphatic heterocycles. The number of para-hydroxylation sites is 1. The summed E-state index contributed by atoms with van der Waals surface area (Å²) >= 11 is 1.48. The predicted octanol–water partition coefficient (Wildman–Crippen LogP) is 2.67. The Morgan fingerprint density at radius 3 is 2.85 bits per heavy atom. The van der Waals surface area contributed by atoms with Gasteiger partial charge in [0.1, 0.15) is 11.3 Å². The highest BCUT2D eigenvalue weighted by Gasteiger charge is 2.23. The lowest BCUT2D eigenvalue weighted by Crippen LogP contribution is -2.08. The minimum atomic E-state index is -1.33. The first kappa shape index (κ1) is 13.9. The van der Waals surface area contributed by atoms with Gasteiger partial charge in [-0.3, -0.25) is 10.1 Å². The summed E-state index contributed by atoms with van der Waals surface area (Å²) in [5, 5.41) is 25.6. The fourth-order valence-corrected chi connectivity index (χ4v) is 2.34. The van der Waals surface area contributed by atoms with Gasteiger partial charge in [-0.1, -0.05) is 6.07 Å². The van der Waals surface area contributed by atoms with E-state index in [1.54, 1.807) is 0 Å². The van der Waals surface area contributed by atoms with Crippen LogP contribution in [0.25, 0.3) is 0 Å². The molecule has 2 aromatic rings. The van der Waals surface area contributed by atoms with Gasteiger partial charge in [-0.15, -0.1) is 11.3 Å². The number of thiazole rings is 1. The first-order valence-electron chi connectivity index (χ1n) is 5.64. The van der Waals surface area contributed by atoms with Crippen molar-refractivity contribution < 1.29 is 14.8 Å². The molecule has 0 amide bonds. The van der Waals surface area contributed by atoms with Gasteiger partial charge in [0.2, 0.25) is 0 Å². The van der Waals surface area contributed by atoms with Crippen LogP contribution < -0.4 is 5.32 Å². The second-order valence-electron chi connectivity index (χ2n) is 3.98. The Morgan fingerprint density at radius 1 is 1.55 bits per heavy atom. The maximum absolute atomic E-state index is 11.1. The molecule has 0 spiro atoms. The lowest BCUT2D eigenvalue weighted by atomic mass is 10.1. The summed E-state index contributed by atoms with van der Waals surface area (Å²) in [7, 11) is 0. The molecule has 0 aliphatic carbocycles. The highest BCUT2D eigenvalue weighted by atomic mass is 32.1. The van der Waals surface area contributed by atoms with Gasteiger partial charge < -0.3 is 10.4 Å². The van der Waals surface area contributed by atoms with Gasteiger partial charge in [-0.2, -0.15) is 0 Å². The maximum atomic E-state index is 11.1. The summed E-state index contributed by atoms with van der Waals surface area (Å²) in [6.07, 6.45) is 0. The third-order valence-corrected chi connectivity index (χ3v) is 3.40. The molecule has 1 aromatic heterocycles. The molecule has 2 rings (SSSR count). The number of rotatable bonds is 5. The van der Waals surface area contributed by atoms with Crippen LogP contribution in [-0.2, 0) is 6.54 Å². The number of nitro benzene ring substituents is 1. The zero-order valence-electron chi connectivity index (χ0n) is 10.5. The van der Waals surface area contributed by atoms with Gasteiger partial charge >= 0.3 is 11.7 Å². The minimum Gasteiger partial charge on any atom is -0.477 e. The first-order valence-corrected chi connectivity index (χ1v) is 6.52. The predicted molar refractivity (Wildman–Crippen MR) is 74.2 cm³/mol. The minimum absolute atomic E-state index is 0.167. The van der Waals surface area contributed by atoms with Crippen LogP contribution in [0.1, 0.15) is 21.1 Å². The van der Waals surface area contributed by atoms with Gasteiger partial charge in [-0.05, 0) is 19.1 Å². The van der Waals surface area contributed by atoms with E-state index in [1.807, 2.05) is 12.3 Å². The van der Waals surface area contributed by atoms with Crippen molar-refractivity contribution >= 4 is 28.7 Å². The Kier molecular flexibility index (Phi) is 3.94. The van der Waals surface area contributed by atoms with Crippen LogP contribution in [0.3, 0.4) is 0 Å². The van der Waals surface area contributed by atoms with E-state index >= 15 is 0 Å². The highest BCUT2D eigenvalue weighted by molar-refractivity contribution is 7.09. The van der Waals surface area contributed by atoms with Crippen molar-refractivity contribution in [3.8, 4) is 0 Å². The molecule has 0 aliphatic rings. The van der Waals surface area contributed by atoms with Crippen molar-refractivity contribution in [2.24, 2.45) is 0 Å². The quantitative estimate of drug-likeness (QED) is 0.648. The Balaban J connectivity index is 2.29. The van der Waals surface area contributed by atoms with Crippen molar-refractivity contribution in [3.63, 3.8) is 0 Å². The molecular weight excluding hydrogens is 282 g/mol. The molecule has 104 valence electrons. The number of anilines is 1. The number of nitrogens with one attached hydrogen (secondary N) is 1. The molecule has 0 atom stereocenters. The summed E-state index contributed by atoms with van der Waals surface area (Å²) < 4.78 is 0. The number of hydrogen-bond donors (Lipinski definition) is 2. The summed E-state index contributed by atoms with van der Waals surface area (Å²) in [6.45, 7) is 2.16. The number of carbonyl (C=O) groups is 1. The van der Waals surface area contributed by atoms with E-state index in [0.29, 0.717) is 6.54 Å². The molecule has 0 unspecified atom stereocenters. The number of nitrogens with zero attached hydrogens (tertiary/aromatic N) is 2. The molecule has 2 N–H and O–H groups in total. The van der Waals surface area contributed by atoms with Crippen LogP contribution >= 0.6 is 11.3 Å². The number of aryl methyl sites for hydroxylation is 1. The monoisotopic (exact) mass is 293 g/mol. The highest BCUT2D eigenvalue weighted by Crippen LogP contribution is 2.29. The van der Waals surface area contributed by atoms with E-state index in [4.69, 9.17) is 5.11 Å². The lowest BCUT2D eigenvalue weighted by molar-refractivity contribution is -0.384. The molecule has 1 aromatic carbocycles. The van der Waals surface area contributed by atoms with Crippen LogP contribution in [0, 0.1) is 17.0 Å². The van der Waals surface area contributed by atoms with Crippen LogP contribution in [0.15, 0.2) is 23.6 Å². The molecule has 0 bridgehead atoms. The number of aromatic carboxylic acids is 1. The lowest BCUT2D eigenvalue weighted by Gasteiger charge is -2.07. The topological polar surface area (TPSA) is 105 Å². The van der Waals surface area contributed by atoms with E-state index in [9.17, 15) is 14.9 Å². The van der Waals surface area contributed by atoms with Crippen molar-refractivity contribution in [2.45, 2.75) is 13.5 Å². The zero-order chi connectivity index (χ0) is 14.7. The Hall–Kier alpha value is -2.48. The molecule has 0 saturated carbocycles. The van der Waals surface area contributed by atoms with Crippen molar-refractivity contribution in [2.75, 3.05) is 5.32 Å². The molecule has 7 nitrogen and oxygen atoms in total. The van der Waals surface area contributed by atoms with Gasteiger partial charge in [0.25, 0.3) is 0 Å². The van der Waals surface area contributed by atoms with E-state index in [0.717, 1.165) is 10.7 Å². The maximum Gasteiger partial charge on any atom is 0.342 e. The van der Waals surface area contributed by atoms with E-state index in [1.165, 1.54) is 29.5 Å². The van der Waals surface area contributed by atoms with E-state index < -0.39 is 16.6 Å². The largest absolute Gasteiger partial charge is 0.477 e. The molecular formula is C12H11N3O4S. The summed E-state index contributed by atoms with van der Waals surface area (Å²) in [6, 6.07) is 4.15. The Morgan fingerprint density at radius 2 is 2.30 bits per heavy atom. The van der Waals surface area contributed by atoms with Crippen LogP contribution in [0.5, 0.6) is 0 Å². The van der Waals surface area contributed by atoms with Gasteiger partial charge in [0.05, 0.1) is 22.2 Å². The molecule has 20 heavy (non-hydrogen) atoms. The van der Waals surface area contributed by atoms with Crippen molar-refractivity contribution in [1.82, 2.24) is 4.98 Å². The summed E-state index contributed by atoms with van der Waals surface area (Å²) in [4.78, 5) is 25.6. The number of hydrogen-bond acceptors (Lipinski definition) is 6. The van der Waals surface area contributed by atoms with Gasteiger partial charge in [-0.25, -0.2) is 9.78 Å². The normalized spacial score (nSPS) is 10.2. The number of carboxylic acids is 1. The third-order valence-electron chi connectivity index (χ3n) is 2.58. The standard InChI is InChI=1S/C12H11N3O4S/c1-7-14-8(6-20-7)5-13-10-4-2-3-9(12(16)17)11(10)15(18)19/h2-4,6,13H,5H2,1H3,(H,16,17). The number of benzene rings is 1. The third kappa shape index (κ3) is 2.91. The van der Waals surface area contributed by atoms with Crippen LogP contribution in [-0.4, -0.2) is 21.0 Å². The van der Waals surface area contributed by atoms with Gasteiger partial charge in [0, 0.05) is 5.38 Å². The smallest absolute Gasteiger partial charge is 0.342 e. The van der Waals surface area contributed by atoms with Crippen molar-refractivity contribution in [3.05, 3.63) is 50.0 Å². The molecule has 1 heterocycles. The average molecular weight is 293 g/mol. The summed E-state index contributed by atoms with van der Waals surface area (Å²) in [5.74, 6) is -1.33. The number of carboxylic acid groups (broad SMARTS) is 1. The fourth-order valence-electron chi connectivity index (χ4n) is 1.73. The molecule has 0 radical (unpaired) electrons. The fraction of sp³-hybridized carbons (Fsp3) is 0.167. The summed E-state index contributed by atoms with van der Waals surface area (Å²) in [5.41, 5.74) is 0.143. The van der Waals surface area contributed by atoms with Crippen molar-refractivity contribution in [1.29, 1.82) is 0 Å². The van der Waals surface area contributed by atoms with Crippen LogP contribution in [0.2, 0.25) is 0 Å². The number of aromatic nitrogens is 1. The van der Waals surface area contributed by atoms with E-state index in [2.05, 4.69) is 10.3 Å². The first-order chi connectivity index (χ1) is 9.49. The Bertz CT molecular complexity index is 668. The molecule has 0 saturated heterocycles. The van der Waals surface area contributed by atoms with Crippen LogP contribution in [0.4, 0.5) is 11.4 Å². The average Bonchev–Trinajstić information content (AvgIpc) is 2.81. The second kappa shape index (κ2) is 5.66.